The van der Waals surface area contributed by atoms with E-state index in [1.54, 1.807) is 18.2 Å². The molecule has 1 aliphatic rings. The number of benzene rings is 1. The Kier molecular flexibility index (Phi) is 3.57. The monoisotopic (exact) mass is 297 g/mol. The van der Waals surface area contributed by atoms with E-state index >= 15 is 0 Å². The summed E-state index contributed by atoms with van der Waals surface area (Å²) >= 11 is 5.31. The maximum absolute atomic E-state index is 11.0. The molecule has 0 aromatic heterocycles. The number of allylic oxidation sites excluding steroid dienone is 1. The summed E-state index contributed by atoms with van der Waals surface area (Å²) in [6.45, 7) is 1.85. The zero-order valence-electron chi connectivity index (χ0n) is 10.1. The second kappa shape index (κ2) is 5.17. The Balaban J connectivity index is 2.43. The number of hydrogen-bond acceptors (Lipinski definition) is 6. The third kappa shape index (κ3) is 2.69. The van der Waals surface area contributed by atoms with Crippen molar-refractivity contribution in [2.75, 3.05) is 5.32 Å². The molecule has 0 saturated carbocycles. The summed E-state index contributed by atoms with van der Waals surface area (Å²) in [7, 11) is 0. The largest absolute Gasteiger partial charge is 0.433 e. The van der Waals surface area contributed by atoms with Crippen LogP contribution in [0.5, 0.6) is 5.75 Å². The van der Waals surface area contributed by atoms with Crippen LogP contribution in [0.2, 0.25) is 0 Å². The molecule has 0 fully saturated rings. The average Bonchev–Trinajstić information content (AvgIpc) is 2.77. The topological polar surface area (TPSA) is 108 Å². The highest BCUT2D eigenvalue weighted by molar-refractivity contribution is 6.28. The van der Waals surface area contributed by atoms with E-state index in [-0.39, 0.29) is 5.88 Å². The SMILES string of the molecule is Cc1ccc2c(c1)NC(=C(C=C(Cl)[N+](=O)[O-])[N+](=O)[O-])O2. The van der Waals surface area contributed by atoms with Crippen molar-refractivity contribution in [2.24, 2.45) is 0 Å². The van der Waals surface area contributed by atoms with Crippen molar-refractivity contribution in [1.82, 2.24) is 0 Å². The number of rotatable bonds is 3. The zero-order valence-corrected chi connectivity index (χ0v) is 10.9. The second-order valence-electron chi connectivity index (χ2n) is 3.92. The van der Waals surface area contributed by atoms with Crippen LogP contribution in [0.1, 0.15) is 5.56 Å². The first-order valence-corrected chi connectivity index (χ1v) is 5.72. The summed E-state index contributed by atoms with van der Waals surface area (Å²) in [4.78, 5) is 19.7. The number of aryl methyl sites for hydroxylation is 1. The summed E-state index contributed by atoms with van der Waals surface area (Å²) in [5.41, 5.74) is 0.855. The van der Waals surface area contributed by atoms with Gasteiger partial charge in [-0.25, -0.2) is 0 Å². The van der Waals surface area contributed by atoms with Crippen LogP contribution in [-0.4, -0.2) is 9.85 Å². The van der Waals surface area contributed by atoms with Crippen molar-refractivity contribution in [3.8, 4) is 5.75 Å². The molecule has 0 atom stereocenters. The Labute approximate surface area is 117 Å². The summed E-state index contributed by atoms with van der Waals surface area (Å²) in [5.74, 6) is 0.186. The van der Waals surface area contributed by atoms with E-state index in [1.165, 1.54) is 0 Å². The van der Waals surface area contributed by atoms with Crippen LogP contribution in [0, 0.1) is 27.2 Å². The first-order valence-electron chi connectivity index (χ1n) is 5.34. The Bertz CT molecular complexity index is 668. The number of hydrogen-bond donors (Lipinski definition) is 1. The third-order valence-electron chi connectivity index (χ3n) is 2.45. The first-order chi connectivity index (χ1) is 9.38. The number of nitrogens with one attached hydrogen (secondary N) is 1. The van der Waals surface area contributed by atoms with Crippen LogP contribution in [0.3, 0.4) is 0 Å². The van der Waals surface area contributed by atoms with Crippen molar-refractivity contribution in [1.29, 1.82) is 0 Å². The molecule has 1 aromatic carbocycles. The number of ether oxygens (including phenoxy) is 1. The van der Waals surface area contributed by atoms with Crippen LogP contribution in [0.4, 0.5) is 5.69 Å². The van der Waals surface area contributed by atoms with Gasteiger partial charge in [0, 0.05) is 0 Å². The van der Waals surface area contributed by atoms with Gasteiger partial charge in [-0.3, -0.25) is 20.2 Å². The van der Waals surface area contributed by atoms with Crippen molar-refractivity contribution in [2.45, 2.75) is 6.92 Å². The molecule has 1 N–H and O–H groups in total. The fraction of sp³-hybridized carbons (Fsp3) is 0.0909. The summed E-state index contributed by atoms with van der Waals surface area (Å²) in [5, 5.41) is 23.2. The molecule has 1 heterocycles. The lowest BCUT2D eigenvalue weighted by atomic mass is 10.2. The summed E-state index contributed by atoms with van der Waals surface area (Å²) in [6, 6.07) is 5.15. The molecule has 0 bridgehead atoms. The van der Waals surface area contributed by atoms with Gasteiger partial charge in [0.05, 0.1) is 15.5 Å². The summed E-state index contributed by atoms with van der Waals surface area (Å²) < 4.78 is 5.27. The molecular formula is C11H8ClN3O5. The van der Waals surface area contributed by atoms with Gasteiger partial charge in [-0.1, -0.05) is 6.07 Å². The molecule has 20 heavy (non-hydrogen) atoms. The maximum atomic E-state index is 11.0. The summed E-state index contributed by atoms with van der Waals surface area (Å²) in [6.07, 6.45) is 0.628. The third-order valence-corrected chi connectivity index (χ3v) is 2.70. The van der Waals surface area contributed by atoms with Gasteiger partial charge in [-0.05, 0) is 36.2 Å². The number of nitrogens with zero attached hydrogens (tertiary/aromatic N) is 2. The lowest BCUT2D eigenvalue weighted by molar-refractivity contribution is -0.429. The van der Waals surface area contributed by atoms with Crippen molar-refractivity contribution < 1.29 is 14.6 Å². The molecule has 0 aliphatic carbocycles. The van der Waals surface area contributed by atoms with Gasteiger partial charge in [0.2, 0.25) is 0 Å². The van der Waals surface area contributed by atoms with E-state index < -0.39 is 20.7 Å². The number of anilines is 1. The van der Waals surface area contributed by atoms with Crippen molar-refractivity contribution in [3.05, 3.63) is 66.8 Å². The van der Waals surface area contributed by atoms with Crippen LogP contribution in [0.15, 0.2) is 41.0 Å². The fourth-order valence-corrected chi connectivity index (χ4v) is 1.67. The number of nitro groups is 2. The molecular weight excluding hydrogens is 290 g/mol. The zero-order chi connectivity index (χ0) is 14.9. The van der Waals surface area contributed by atoms with Crippen molar-refractivity contribution >= 4 is 17.3 Å². The van der Waals surface area contributed by atoms with E-state index in [1.807, 2.05) is 6.92 Å². The maximum Gasteiger partial charge on any atom is 0.344 e. The molecule has 0 amide bonds. The highest BCUT2D eigenvalue weighted by atomic mass is 35.5. The quantitative estimate of drug-likeness (QED) is 0.522. The Morgan fingerprint density at radius 3 is 2.65 bits per heavy atom. The molecule has 1 aromatic rings. The van der Waals surface area contributed by atoms with Crippen molar-refractivity contribution in [3.63, 3.8) is 0 Å². The number of fused-ring (bicyclic) bond motifs is 1. The van der Waals surface area contributed by atoms with E-state index in [0.717, 1.165) is 5.56 Å². The van der Waals surface area contributed by atoms with Gasteiger partial charge in [-0.15, -0.1) is 0 Å². The van der Waals surface area contributed by atoms with E-state index in [2.05, 4.69) is 5.32 Å². The minimum atomic E-state index is -0.933. The van der Waals surface area contributed by atoms with E-state index in [0.29, 0.717) is 17.5 Å². The van der Waals surface area contributed by atoms with Crippen LogP contribution in [0.25, 0.3) is 0 Å². The predicted molar refractivity (Wildman–Crippen MR) is 70.4 cm³/mol. The molecule has 0 radical (unpaired) electrons. The normalized spacial score (nSPS) is 16.0. The Hall–Kier alpha value is -2.61. The van der Waals surface area contributed by atoms with Gasteiger partial charge in [0.15, 0.2) is 5.75 Å². The standard InChI is InChI=1S/C11H8ClN3O5/c1-6-2-3-9-7(4-6)13-11(20-9)8(14(16)17)5-10(12)15(18)19/h2-5,13H,1H3. The predicted octanol–water partition coefficient (Wildman–Crippen LogP) is 2.60. The molecule has 8 nitrogen and oxygen atoms in total. The molecule has 0 spiro atoms. The smallest absolute Gasteiger partial charge is 0.344 e. The Morgan fingerprint density at radius 2 is 2.05 bits per heavy atom. The van der Waals surface area contributed by atoms with Crippen LogP contribution in [-0.2, 0) is 0 Å². The van der Waals surface area contributed by atoms with Crippen LogP contribution < -0.4 is 10.1 Å². The first kappa shape index (κ1) is 13.8. The van der Waals surface area contributed by atoms with Gasteiger partial charge < -0.3 is 10.1 Å². The molecule has 9 heteroatoms. The van der Waals surface area contributed by atoms with Gasteiger partial charge in [0.25, 0.3) is 5.88 Å². The highest BCUT2D eigenvalue weighted by Crippen LogP contribution is 2.35. The Morgan fingerprint density at radius 1 is 1.35 bits per heavy atom. The van der Waals surface area contributed by atoms with Gasteiger partial charge >= 0.3 is 10.9 Å². The minimum Gasteiger partial charge on any atom is -0.433 e. The molecule has 0 unspecified atom stereocenters. The van der Waals surface area contributed by atoms with Gasteiger partial charge in [0.1, 0.15) is 6.08 Å². The number of halogens is 1. The van der Waals surface area contributed by atoms with Gasteiger partial charge in [-0.2, -0.15) is 0 Å². The second-order valence-corrected chi connectivity index (χ2v) is 4.31. The molecule has 1 aliphatic heterocycles. The lowest BCUT2D eigenvalue weighted by Crippen LogP contribution is -2.09. The molecule has 0 saturated heterocycles. The lowest BCUT2D eigenvalue weighted by Gasteiger charge is -1.98. The highest BCUT2D eigenvalue weighted by Gasteiger charge is 2.28. The van der Waals surface area contributed by atoms with E-state index in [9.17, 15) is 20.2 Å². The van der Waals surface area contributed by atoms with Crippen LogP contribution >= 0.6 is 11.6 Å². The van der Waals surface area contributed by atoms with E-state index in [4.69, 9.17) is 16.3 Å². The molecule has 104 valence electrons. The fourth-order valence-electron chi connectivity index (χ4n) is 1.57. The average molecular weight is 298 g/mol. The molecule has 2 rings (SSSR count). The minimum absolute atomic E-state index is 0.212.